The van der Waals surface area contributed by atoms with Crippen molar-refractivity contribution in [1.29, 1.82) is 0 Å². The summed E-state index contributed by atoms with van der Waals surface area (Å²) >= 11 is 0. The number of carbonyl (C=O) groups excluding carboxylic acids is 1. The quantitative estimate of drug-likeness (QED) is 0.574. The Morgan fingerprint density at radius 2 is 2.04 bits per heavy atom. The molecule has 0 aliphatic rings. The average molecular weight is 341 g/mol. The van der Waals surface area contributed by atoms with E-state index < -0.39 is 5.97 Å². The van der Waals surface area contributed by atoms with E-state index in [2.05, 4.69) is 25.1 Å². The van der Waals surface area contributed by atoms with Crippen molar-refractivity contribution in [2.75, 3.05) is 0 Å². The molecule has 1 N–H and O–H groups in total. The van der Waals surface area contributed by atoms with Crippen LogP contribution in [0.2, 0.25) is 0 Å². The molecule has 0 unspecified atom stereocenters. The molecular weight excluding hydrogens is 326 g/mol. The zero-order chi connectivity index (χ0) is 18.2. The van der Waals surface area contributed by atoms with Gasteiger partial charge in [0.25, 0.3) is 0 Å². The molecule has 128 valence electrons. The van der Waals surface area contributed by atoms with Crippen molar-refractivity contribution in [3.8, 4) is 11.7 Å². The molecule has 9 nitrogen and oxygen atoms in total. The Labute approximate surface area is 142 Å². The van der Waals surface area contributed by atoms with Crippen molar-refractivity contribution >= 4 is 17.0 Å². The summed E-state index contributed by atoms with van der Waals surface area (Å²) in [6.45, 7) is 5.99. The molecule has 9 heteroatoms. The van der Waals surface area contributed by atoms with Gasteiger partial charge >= 0.3 is 5.97 Å². The molecule has 0 aliphatic carbocycles. The van der Waals surface area contributed by atoms with Crippen molar-refractivity contribution in [2.24, 2.45) is 5.34 Å². The van der Waals surface area contributed by atoms with Crippen LogP contribution in [0.1, 0.15) is 36.7 Å². The molecule has 0 bridgehead atoms. The third-order valence-electron chi connectivity index (χ3n) is 3.72. The molecule has 0 amide bonds. The van der Waals surface area contributed by atoms with Crippen LogP contribution in [0, 0.1) is 4.91 Å². The topological polar surface area (TPSA) is 120 Å². The average Bonchev–Trinajstić information content (AvgIpc) is 2.96. The van der Waals surface area contributed by atoms with E-state index in [0.717, 1.165) is 5.56 Å². The first kappa shape index (κ1) is 16.5. The SMILES string of the molecule is CC(C)(C)c1cn(-c2cc(C(=O)ON=O)ccn2)c2ncnc(O)c12. The van der Waals surface area contributed by atoms with Gasteiger partial charge < -0.3 is 5.11 Å². The zero-order valence-corrected chi connectivity index (χ0v) is 13.8. The van der Waals surface area contributed by atoms with Crippen LogP contribution in [0.15, 0.2) is 36.2 Å². The fourth-order valence-electron chi connectivity index (χ4n) is 2.55. The number of rotatable bonds is 3. The predicted octanol–water partition coefficient (Wildman–Crippen LogP) is 2.66. The fourth-order valence-corrected chi connectivity index (χ4v) is 2.55. The number of hydrogen-bond acceptors (Lipinski definition) is 8. The smallest absolute Gasteiger partial charge is 0.369 e. The van der Waals surface area contributed by atoms with Crippen LogP contribution in [0.25, 0.3) is 16.9 Å². The van der Waals surface area contributed by atoms with Gasteiger partial charge in [0, 0.05) is 12.4 Å². The summed E-state index contributed by atoms with van der Waals surface area (Å²) in [4.78, 5) is 38.2. The lowest BCUT2D eigenvalue weighted by atomic mass is 9.87. The molecule has 3 aromatic rings. The van der Waals surface area contributed by atoms with Gasteiger partial charge in [-0.1, -0.05) is 20.8 Å². The predicted molar refractivity (Wildman–Crippen MR) is 88.2 cm³/mol. The van der Waals surface area contributed by atoms with Crippen LogP contribution >= 0.6 is 0 Å². The van der Waals surface area contributed by atoms with Crippen molar-refractivity contribution in [2.45, 2.75) is 26.2 Å². The van der Waals surface area contributed by atoms with Crippen molar-refractivity contribution in [3.63, 3.8) is 0 Å². The van der Waals surface area contributed by atoms with Gasteiger partial charge in [0.2, 0.25) is 5.88 Å². The Hall–Kier alpha value is -3.36. The minimum absolute atomic E-state index is 0.113. The highest BCUT2D eigenvalue weighted by Gasteiger charge is 2.25. The van der Waals surface area contributed by atoms with Crippen LogP contribution in [0.3, 0.4) is 0 Å². The number of aromatic nitrogens is 4. The maximum atomic E-state index is 11.7. The van der Waals surface area contributed by atoms with Gasteiger partial charge in [0.15, 0.2) is 11.0 Å². The first-order chi connectivity index (χ1) is 11.8. The summed E-state index contributed by atoms with van der Waals surface area (Å²) < 4.78 is 1.64. The Balaban J connectivity index is 2.24. The summed E-state index contributed by atoms with van der Waals surface area (Å²) in [7, 11) is 0. The standard InChI is InChI=1S/C16H15N5O4/c1-16(2,3)10-7-21(13-12(10)14(22)19-8-18-13)11-6-9(4-5-17-11)15(23)25-20-24/h4-8H,1-3H3,(H,18,19,22). The number of carbonyl (C=O) groups is 1. The molecule has 0 spiro atoms. The second-order valence-electron chi connectivity index (χ2n) is 6.41. The Kier molecular flexibility index (Phi) is 3.91. The molecule has 0 saturated carbocycles. The van der Waals surface area contributed by atoms with E-state index in [-0.39, 0.29) is 16.9 Å². The Morgan fingerprint density at radius 3 is 2.72 bits per heavy atom. The molecule has 3 rings (SSSR count). The summed E-state index contributed by atoms with van der Waals surface area (Å²) in [5.74, 6) is -0.642. The van der Waals surface area contributed by atoms with Gasteiger partial charge in [-0.15, -0.1) is 4.91 Å². The minimum Gasteiger partial charge on any atom is -0.493 e. The Bertz CT molecular complexity index is 974. The molecule has 3 aromatic heterocycles. The summed E-state index contributed by atoms with van der Waals surface area (Å²) in [5, 5.41) is 12.8. The third-order valence-corrected chi connectivity index (χ3v) is 3.72. The van der Waals surface area contributed by atoms with E-state index in [4.69, 9.17) is 0 Å². The number of hydrogen-bond donors (Lipinski definition) is 1. The molecule has 0 saturated heterocycles. The van der Waals surface area contributed by atoms with Crippen LogP contribution in [-0.4, -0.2) is 30.6 Å². The van der Waals surface area contributed by atoms with Crippen LogP contribution in [-0.2, 0) is 10.3 Å². The summed E-state index contributed by atoms with van der Waals surface area (Å²) in [5.41, 5.74) is 1.10. The highest BCUT2D eigenvalue weighted by atomic mass is 16.7. The molecule has 0 aliphatic heterocycles. The molecule has 0 aromatic carbocycles. The molecule has 3 heterocycles. The largest absolute Gasteiger partial charge is 0.493 e. The van der Waals surface area contributed by atoms with Gasteiger partial charge in [-0.2, -0.15) is 0 Å². The van der Waals surface area contributed by atoms with E-state index in [1.165, 1.54) is 24.7 Å². The normalized spacial score (nSPS) is 11.5. The molecule has 0 atom stereocenters. The molecule has 0 fully saturated rings. The van der Waals surface area contributed by atoms with Gasteiger partial charge in [-0.3, -0.25) is 9.40 Å². The molecular formula is C16H15N5O4. The number of pyridine rings is 1. The van der Waals surface area contributed by atoms with Crippen LogP contribution < -0.4 is 0 Å². The second-order valence-corrected chi connectivity index (χ2v) is 6.41. The highest BCUT2D eigenvalue weighted by Crippen LogP contribution is 2.35. The van der Waals surface area contributed by atoms with Crippen LogP contribution in [0.5, 0.6) is 5.88 Å². The lowest BCUT2D eigenvalue weighted by molar-refractivity contribution is 0.0508. The summed E-state index contributed by atoms with van der Waals surface area (Å²) in [6, 6.07) is 2.85. The van der Waals surface area contributed by atoms with E-state index >= 15 is 0 Å². The lowest BCUT2D eigenvalue weighted by Crippen LogP contribution is -2.10. The Morgan fingerprint density at radius 1 is 1.28 bits per heavy atom. The van der Waals surface area contributed by atoms with Crippen molar-refractivity contribution < 1.29 is 14.7 Å². The third kappa shape index (κ3) is 2.91. The molecule has 0 radical (unpaired) electrons. The fraction of sp³-hybridized carbons (Fsp3) is 0.250. The van der Waals surface area contributed by atoms with E-state index in [1.54, 1.807) is 10.8 Å². The zero-order valence-electron chi connectivity index (χ0n) is 13.8. The van der Waals surface area contributed by atoms with Crippen molar-refractivity contribution in [3.05, 3.63) is 46.9 Å². The number of nitrogens with zero attached hydrogens (tertiary/aromatic N) is 5. The number of fused-ring (bicyclic) bond motifs is 1. The van der Waals surface area contributed by atoms with Gasteiger partial charge in [-0.05, 0) is 23.1 Å². The monoisotopic (exact) mass is 341 g/mol. The maximum Gasteiger partial charge on any atom is 0.369 e. The lowest BCUT2D eigenvalue weighted by Gasteiger charge is -2.17. The maximum absolute atomic E-state index is 11.7. The second kappa shape index (κ2) is 5.93. The van der Waals surface area contributed by atoms with E-state index in [0.29, 0.717) is 16.9 Å². The molecule has 25 heavy (non-hydrogen) atoms. The van der Waals surface area contributed by atoms with E-state index in [9.17, 15) is 14.8 Å². The first-order valence-electron chi connectivity index (χ1n) is 7.39. The van der Waals surface area contributed by atoms with Crippen molar-refractivity contribution in [1.82, 2.24) is 19.5 Å². The van der Waals surface area contributed by atoms with Gasteiger partial charge in [0.05, 0.1) is 10.9 Å². The van der Waals surface area contributed by atoms with Gasteiger partial charge in [0.1, 0.15) is 12.1 Å². The first-order valence-corrected chi connectivity index (χ1v) is 7.39. The van der Waals surface area contributed by atoms with E-state index in [1.807, 2.05) is 20.8 Å². The number of aromatic hydroxyl groups is 1. The highest BCUT2D eigenvalue weighted by molar-refractivity contribution is 5.90. The van der Waals surface area contributed by atoms with Crippen LogP contribution in [0.4, 0.5) is 0 Å². The summed E-state index contributed by atoms with van der Waals surface area (Å²) in [6.07, 6.45) is 4.43. The van der Waals surface area contributed by atoms with Gasteiger partial charge in [-0.25, -0.2) is 19.7 Å². The minimum atomic E-state index is -0.886.